The third kappa shape index (κ3) is 4.43. The monoisotopic (exact) mass is 263 g/mol. The van der Waals surface area contributed by atoms with Gasteiger partial charge in [-0.25, -0.2) is 0 Å². The van der Waals surface area contributed by atoms with Gasteiger partial charge in [0.15, 0.2) is 0 Å². The maximum absolute atomic E-state index is 5.81. The fourth-order valence-corrected chi connectivity index (χ4v) is 2.62. The van der Waals surface area contributed by atoms with Crippen LogP contribution in [0.1, 0.15) is 32.6 Å². The lowest BCUT2D eigenvalue weighted by Crippen LogP contribution is -2.37. The molecule has 1 aromatic rings. The molecule has 19 heavy (non-hydrogen) atoms. The molecule has 0 aliphatic carbocycles. The van der Waals surface area contributed by atoms with Crippen molar-refractivity contribution in [3.05, 3.63) is 24.3 Å². The Hall–Kier alpha value is -1.22. The van der Waals surface area contributed by atoms with Crippen LogP contribution in [0.2, 0.25) is 0 Å². The number of likely N-dealkylation sites (tertiary alicyclic amines) is 1. The molecule has 0 radical (unpaired) electrons. The topological polar surface area (TPSA) is 21.7 Å². The van der Waals surface area contributed by atoms with Crippen LogP contribution in [0, 0.1) is 0 Å². The van der Waals surface area contributed by atoms with E-state index < -0.39 is 0 Å². The van der Waals surface area contributed by atoms with Crippen molar-refractivity contribution in [3.63, 3.8) is 0 Å². The molecule has 1 fully saturated rings. The Labute approximate surface area is 116 Å². The highest BCUT2D eigenvalue weighted by Gasteiger charge is 2.18. The average molecular weight is 263 g/mol. The molecular formula is C16H25NO2. The van der Waals surface area contributed by atoms with Gasteiger partial charge in [0.1, 0.15) is 11.5 Å². The molecule has 1 aliphatic rings. The molecule has 1 aliphatic heterocycles. The van der Waals surface area contributed by atoms with Crippen LogP contribution in [0.15, 0.2) is 24.3 Å². The van der Waals surface area contributed by atoms with Crippen LogP contribution in [0.4, 0.5) is 0 Å². The predicted molar refractivity (Wildman–Crippen MR) is 78.0 cm³/mol. The Balaban J connectivity index is 1.72. The maximum atomic E-state index is 5.81. The van der Waals surface area contributed by atoms with Gasteiger partial charge in [0.2, 0.25) is 0 Å². The lowest BCUT2D eigenvalue weighted by Gasteiger charge is -2.32. The van der Waals surface area contributed by atoms with Crippen LogP contribution >= 0.6 is 0 Å². The molecule has 3 nitrogen and oxygen atoms in total. The molecule has 0 amide bonds. The Kier molecular flexibility index (Phi) is 5.52. The lowest BCUT2D eigenvalue weighted by molar-refractivity contribution is 0.153. The van der Waals surface area contributed by atoms with E-state index in [9.17, 15) is 0 Å². The van der Waals surface area contributed by atoms with Crippen molar-refractivity contribution in [2.45, 2.75) is 38.6 Å². The van der Waals surface area contributed by atoms with E-state index in [1.807, 2.05) is 31.2 Å². The van der Waals surface area contributed by atoms with Crippen molar-refractivity contribution in [1.82, 2.24) is 4.90 Å². The van der Waals surface area contributed by atoms with Gasteiger partial charge >= 0.3 is 0 Å². The molecule has 1 aromatic carbocycles. The second-order valence-corrected chi connectivity index (χ2v) is 5.17. The van der Waals surface area contributed by atoms with E-state index in [0.29, 0.717) is 12.6 Å². The van der Waals surface area contributed by atoms with Crippen LogP contribution in [0.3, 0.4) is 0 Å². The third-order valence-corrected chi connectivity index (χ3v) is 3.78. The van der Waals surface area contributed by atoms with Crippen molar-refractivity contribution in [1.29, 1.82) is 0 Å². The minimum atomic E-state index is 0.691. The summed E-state index contributed by atoms with van der Waals surface area (Å²) in [6.07, 6.45) is 5.12. The molecule has 0 spiro atoms. The maximum Gasteiger partial charge on any atom is 0.119 e. The number of ether oxygens (including phenoxy) is 2. The van der Waals surface area contributed by atoms with Crippen LogP contribution in [-0.4, -0.2) is 37.7 Å². The zero-order valence-electron chi connectivity index (χ0n) is 12.1. The summed E-state index contributed by atoms with van der Waals surface area (Å²) in [6.45, 7) is 4.72. The molecule has 1 unspecified atom stereocenters. The van der Waals surface area contributed by atoms with E-state index in [4.69, 9.17) is 9.47 Å². The highest BCUT2D eigenvalue weighted by molar-refractivity contribution is 5.31. The van der Waals surface area contributed by atoms with Crippen molar-refractivity contribution in [3.8, 4) is 11.5 Å². The summed E-state index contributed by atoms with van der Waals surface area (Å²) in [5, 5.41) is 0. The van der Waals surface area contributed by atoms with Gasteiger partial charge in [-0.1, -0.05) is 6.42 Å². The van der Waals surface area contributed by atoms with Gasteiger partial charge in [0, 0.05) is 6.04 Å². The molecule has 1 saturated heterocycles. The van der Waals surface area contributed by atoms with Gasteiger partial charge < -0.3 is 14.4 Å². The van der Waals surface area contributed by atoms with E-state index >= 15 is 0 Å². The minimum Gasteiger partial charge on any atom is -0.494 e. The van der Waals surface area contributed by atoms with Crippen LogP contribution in [-0.2, 0) is 0 Å². The van der Waals surface area contributed by atoms with E-state index in [-0.39, 0.29) is 0 Å². The van der Waals surface area contributed by atoms with E-state index in [1.54, 1.807) is 0 Å². The van der Waals surface area contributed by atoms with E-state index in [1.165, 1.54) is 25.8 Å². The molecule has 0 N–H and O–H groups in total. The largest absolute Gasteiger partial charge is 0.494 e. The van der Waals surface area contributed by atoms with Gasteiger partial charge in [-0.2, -0.15) is 0 Å². The first-order chi connectivity index (χ1) is 9.29. The number of piperidine rings is 1. The molecule has 0 aromatic heterocycles. The highest BCUT2D eigenvalue weighted by Crippen LogP contribution is 2.20. The molecule has 3 heteroatoms. The summed E-state index contributed by atoms with van der Waals surface area (Å²) in [5.74, 6) is 1.84. The zero-order chi connectivity index (χ0) is 13.5. The standard InChI is InChI=1S/C16H25NO2/c1-3-18-15-7-9-16(10-8-15)19-13-11-14-6-4-5-12-17(14)2/h7-10,14H,3-6,11-13H2,1-2H3. The SMILES string of the molecule is CCOc1ccc(OCCC2CCCCN2C)cc1. The normalized spacial score (nSPS) is 20.2. The third-order valence-electron chi connectivity index (χ3n) is 3.78. The van der Waals surface area contributed by atoms with Crippen molar-refractivity contribution in [2.24, 2.45) is 0 Å². The first kappa shape index (κ1) is 14.2. The summed E-state index contributed by atoms with van der Waals surface area (Å²) in [5.41, 5.74) is 0. The summed E-state index contributed by atoms with van der Waals surface area (Å²) in [6, 6.07) is 8.58. The second kappa shape index (κ2) is 7.39. The molecule has 1 heterocycles. The molecule has 0 bridgehead atoms. The Bertz CT molecular complexity index is 364. The Morgan fingerprint density at radius 2 is 1.79 bits per heavy atom. The summed E-state index contributed by atoms with van der Waals surface area (Å²) in [7, 11) is 2.22. The van der Waals surface area contributed by atoms with E-state index in [0.717, 1.165) is 24.5 Å². The Morgan fingerprint density at radius 3 is 2.42 bits per heavy atom. The van der Waals surface area contributed by atoms with Crippen molar-refractivity contribution in [2.75, 3.05) is 26.8 Å². The molecule has 2 rings (SSSR count). The first-order valence-corrected chi connectivity index (χ1v) is 7.35. The van der Waals surface area contributed by atoms with Gasteiger partial charge in [-0.3, -0.25) is 0 Å². The van der Waals surface area contributed by atoms with Gasteiger partial charge in [0.25, 0.3) is 0 Å². The Morgan fingerprint density at radius 1 is 1.11 bits per heavy atom. The number of hydrogen-bond acceptors (Lipinski definition) is 3. The van der Waals surface area contributed by atoms with E-state index in [2.05, 4.69) is 11.9 Å². The minimum absolute atomic E-state index is 0.691. The molecule has 1 atom stereocenters. The summed E-state index contributed by atoms with van der Waals surface area (Å²) in [4.78, 5) is 2.46. The smallest absolute Gasteiger partial charge is 0.119 e. The highest BCUT2D eigenvalue weighted by atomic mass is 16.5. The van der Waals surface area contributed by atoms with Crippen molar-refractivity contribution < 1.29 is 9.47 Å². The fourth-order valence-electron chi connectivity index (χ4n) is 2.62. The van der Waals surface area contributed by atoms with Crippen LogP contribution < -0.4 is 9.47 Å². The number of benzene rings is 1. The summed E-state index contributed by atoms with van der Waals surface area (Å²) < 4.78 is 11.2. The predicted octanol–water partition coefficient (Wildman–Crippen LogP) is 3.34. The first-order valence-electron chi connectivity index (χ1n) is 7.35. The quantitative estimate of drug-likeness (QED) is 0.785. The number of nitrogens with zero attached hydrogens (tertiary/aromatic N) is 1. The van der Waals surface area contributed by atoms with Gasteiger partial charge in [0.05, 0.1) is 13.2 Å². The number of rotatable bonds is 6. The van der Waals surface area contributed by atoms with Gasteiger partial charge in [-0.05, 0) is 64.0 Å². The zero-order valence-corrected chi connectivity index (χ0v) is 12.1. The number of hydrogen-bond donors (Lipinski definition) is 0. The van der Waals surface area contributed by atoms with Crippen molar-refractivity contribution >= 4 is 0 Å². The van der Waals surface area contributed by atoms with Crippen LogP contribution in [0.25, 0.3) is 0 Å². The second-order valence-electron chi connectivity index (χ2n) is 5.17. The average Bonchev–Trinajstić information content (AvgIpc) is 2.43. The molecule has 106 valence electrons. The van der Waals surface area contributed by atoms with Gasteiger partial charge in [-0.15, -0.1) is 0 Å². The van der Waals surface area contributed by atoms with Crippen LogP contribution in [0.5, 0.6) is 11.5 Å². The fraction of sp³-hybridized carbons (Fsp3) is 0.625. The molecule has 0 saturated carbocycles. The lowest BCUT2D eigenvalue weighted by atomic mass is 10.0. The summed E-state index contributed by atoms with van der Waals surface area (Å²) >= 11 is 0. The molecular weight excluding hydrogens is 238 g/mol.